The molecule has 2 rings (SSSR count). The summed E-state index contributed by atoms with van der Waals surface area (Å²) >= 11 is 0. The zero-order valence-electron chi connectivity index (χ0n) is 13.8. The van der Waals surface area contributed by atoms with E-state index in [2.05, 4.69) is 18.3 Å². The number of ether oxygens (including phenoxy) is 2. The summed E-state index contributed by atoms with van der Waals surface area (Å²) < 4.78 is 10.7. The van der Waals surface area contributed by atoms with Crippen LogP contribution < -0.4 is 14.8 Å². The smallest absolute Gasteiger partial charge is 0.131 e. The van der Waals surface area contributed by atoms with Crippen molar-refractivity contribution in [1.29, 1.82) is 0 Å². The van der Waals surface area contributed by atoms with E-state index in [-0.39, 0.29) is 0 Å². The molecule has 0 bridgehead atoms. The van der Waals surface area contributed by atoms with E-state index in [1.807, 2.05) is 31.2 Å². The van der Waals surface area contributed by atoms with Crippen molar-refractivity contribution in [2.24, 2.45) is 0 Å². The topological polar surface area (TPSA) is 43.4 Å². The number of pyridine rings is 1. The standard InChI is InChI=1S/C18H24N2O2/c1-5-10-19-12-14-6-9-17(20-13(14)2)16-8-7-15(21-3)11-18(16)22-4/h6-9,11,19H,5,10,12H2,1-4H3. The fourth-order valence-corrected chi connectivity index (χ4v) is 2.34. The number of nitrogens with one attached hydrogen (secondary N) is 1. The highest BCUT2D eigenvalue weighted by atomic mass is 16.5. The lowest BCUT2D eigenvalue weighted by atomic mass is 10.1. The first-order valence-electron chi connectivity index (χ1n) is 7.59. The van der Waals surface area contributed by atoms with Crippen LogP contribution in [0.2, 0.25) is 0 Å². The summed E-state index contributed by atoms with van der Waals surface area (Å²) in [5.74, 6) is 1.54. The second-order valence-corrected chi connectivity index (χ2v) is 5.18. The van der Waals surface area contributed by atoms with Crippen LogP contribution in [0.25, 0.3) is 11.3 Å². The molecule has 0 radical (unpaired) electrons. The highest BCUT2D eigenvalue weighted by Crippen LogP contribution is 2.32. The van der Waals surface area contributed by atoms with E-state index in [0.29, 0.717) is 0 Å². The van der Waals surface area contributed by atoms with Crippen LogP contribution in [-0.2, 0) is 6.54 Å². The third-order valence-electron chi connectivity index (χ3n) is 3.62. The molecule has 1 N–H and O–H groups in total. The van der Waals surface area contributed by atoms with Gasteiger partial charge in [-0.1, -0.05) is 13.0 Å². The van der Waals surface area contributed by atoms with Crippen molar-refractivity contribution in [3.63, 3.8) is 0 Å². The average molecular weight is 300 g/mol. The Hall–Kier alpha value is -2.07. The van der Waals surface area contributed by atoms with E-state index in [9.17, 15) is 0 Å². The lowest BCUT2D eigenvalue weighted by Crippen LogP contribution is -2.15. The molecule has 22 heavy (non-hydrogen) atoms. The number of methoxy groups -OCH3 is 2. The first kappa shape index (κ1) is 16.3. The molecule has 1 aromatic heterocycles. The minimum atomic E-state index is 0.767. The Bertz CT molecular complexity index is 626. The molecule has 4 nitrogen and oxygen atoms in total. The molecule has 4 heteroatoms. The first-order chi connectivity index (χ1) is 10.7. The summed E-state index contributed by atoms with van der Waals surface area (Å²) in [6.45, 7) is 6.08. The number of benzene rings is 1. The number of rotatable bonds is 7. The Morgan fingerprint density at radius 3 is 2.55 bits per heavy atom. The molecule has 0 amide bonds. The second kappa shape index (κ2) is 7.80. The van der Waals surface area contributed by atoms with Crippen LogP contribution in [0, 0.1) is 6.92 Å². The van der Waals surface area contributed by atoms with E-state index >= 15 is 0 Å². The van der Waals surface area contributed by atoms with Gasteiger partial charge < -0.3 is 14.8 Å². The quantitative estimate of drug-likeness (QED) is 0.794. The maximum absolute atomic E-state index is 5.46. The molecule has 0 saturated carbocycles. The molecule has 0 saturated heterocycles. The molecule has 1 heterocycles. The molecule has 0 fully saturated rings. The fraction of sp³-hybridized carbons (Fsp3) is 0.389. The van der Waals surface area contributed by atoms with Crippen molar-refractivity contribution in [2.45, 2.75) is 26.8 Å². The zero-order valence-corrected chi connectivity index (χ0v) is 13.8. The van der Waals surface area contributed by atoms with Crippen molar-refractivity contribution < 1.29 is 9.47 Å². The molecule has 118 valence electrons. The predicted molar refractivity (Wildman–Crippen MR) is 89.5 cm³/mol. The van der Waals surface area contributed by atoms with Gasteiger partial charge in [-0.3, -0.25) is 4.98 Å². The summed E-state index contributed by atoms with van der Waals surface area (Å²) in [5, 5.41) is 3.41. The molecular formula is C18H24N2O2. The summed E-state index contributed by atoms with van der Waals surface area (Å²) in [4.78, 5) is 4.73. The lowest BCUT2D eigenvalue weighted by Gasteiger charge is -2.12. The van der Waals surface area contributed by atoms with Gasteiger partial charge in [0.05, 0.1) is 19.9 Å². The van der Waals surface area contributed by atoms with E-state index in [4.69, 9.17) is 14.5 Å². The molecule has 0 aliphatic carbocycles. The Labute approximate surface area is 132 Å². The highest BCUT2D eigenvalue weighted by Gasteiger charge is 2.10. The molecule has 0 aliphatic heterocycles. The number of hydrogen-bond donors (Lipinski definition) is 1. The summed E-state index contributed by atoms with van der Waals surface area (Å²) in [6.07, 6.45) is 1.13. The van der Waals surface area contributed by atoms with Gasteiger partial charge in [-0.2, -0.15) is 0 Å². The normalized spacial score (nSPS) is 10.5. The van der Waals surface area contributed by atoms with Crippen molar-refractivity contribution in [3.8, 4) is 22.8 Å². The molecule has 1 aromatic carbocycles. The minimum absolute atomic E-state index is 0.767. The van der Waals surface area contributed by atoms with Gasteiger partial charge in [0.15, 0.2) is 0 Å². The molecule has 0 spiro atoms. The van der Waals surface area contributed by atoms with Crippen LogP contribution in [-0.4, -0.2) is 25.7 Å². The first-order valence-corrected chi connectivity index (χ1v) is 7.59. The van der Waals surface area contributed by atoms with Crippen molar-refractivity contribution in [3.05, 3.63) is 41.6 Å². The maximum atomic E-state index is 5.46. The summed E-state index contributed by atoms with van der Waals surface area (Å²) in [7, 11) is 3.31. The Morgan fingerprint density at radius 1 is 1.09 bits per heavy atom. The van der Waals surface area contributed by atoms with Crippen molar-refractivity contribution in [1.82, 2.24) is 10.3 Å². The minimum Gasteiger partial charge on any atom is -0.497 e. The number of hydrogen-bond acceptors (Lipinski definition) is 4. The van der Waals surface area contributed by atoms with Crippen LogP contribution in [0.1, 0.15) is 24.6 Å². The van der Waals surface area contributed by atoms with Crippen LogP contribution in [0.15, 0.2) is 30.3 Å². The SMILES string of the molecule is CCCNCc1ccc(-c2ccc(OC)cc2OC)nc1C. The number of aromatic nitrogens is 1. The van der Waals surface area contributed by atoms with E-state index in [1.54, 1.807) is 14.2 Å². The van der Waals surface area contributed by atoms with Crippen LogP contribution in [0.3, 0.4) is 0 Å². The lowest BCUT2D eigenvalue weighted by molar-refractivity contribution is 0.395. The number of aryl methyl sites for hydroxylation is 1. The fourth-order valence-electron chi connectivity index (χ4n) is 2.34. The van der Waals surface area contributed by atoms with Gasteiger partial charge in [-0.05, 0) is 43.7 Å². The van der Waals surface area contributed by atoms with Gasteiger partial charge >= 0.3 is 0 Å². The molecule has 0 aliphatic rings. The zero-order chi connectivity index (χ0) is 15.9. The summed E-state index contributed by atoms with van der Waals surface area (Å²) in [5.41, 5.74) is 4.15. The number of nitrogens with zero attached hydrogens (tertiary/aromatic N) is 1. The van der Waals surface area contributed by atoms with Crippen LogP contribution in [0.5, 0.6) is 11.5 Å². The third kappa shape index (κ3) is 3.77. The van der Waals surface area contributed by atoms with Gasteiger partial charge in [0.2, 0.25) is 0 Å². The van der Waals surface area contributed by atoms with E-state index < -0.39 is 0 Å². The van der Waals surface area contributed by atoms with E-state index in [0.717, 1.165) is 48.0 Å². The van der Waals surface area contributed by atoms with Gasteiger partial charge in [-0.25, -0.2) is 0 Å². The third-order valence-corrected chi connectivity index (χ3v) is 3.62. The summed E-state index contributed by atoms with van der Waals surface area (Å²) in [6, 6.07) is 9.95. The maximum Gasteiger partial charge on any atom is 0.131 e. The molecule has 0 unspecified atom stereocenters. The Kier molecular flexibility index (Phi) is 5.78. The predicted octanol–water partition coefficient (Wildman–Crippen LogP) is 3.57. The second-order valence-electron chi connectivity index (χ2n) is 5.18. The monoisotopic (exact) mass is 300 g/mol. The largest absolute Gasteiger partial charge is 0.497 e. The molecule has 2 aromatic rings. The van der Waals surface area contributed by atoms with E-state index in [1.165, 1.54) is 5.56 Å². The van der Waals surface area contributed by atoms with Gasteiger partial charge in [-0.15, -0.1) is 0 Å². The average Bonchev–Trinajstić information content (AvgIpc) is 2.55. The van der Waals surface area contributed by atoms with Gasteiger partial charge in [0, 0.05) is 23.9 Å². The van der Waals surface area contributed by atoms with Crippen LogP contribution in [0.4, 0.5) is 0 Å². The van der Waals surface area contributed by atoms with Crippen molar-refractivity contribution in [2.75, 3.05) is 20.8 Å². The van der Waals surface area contributed by atoms with Gasteiger partial charge in [0.25, 0.3) is 0 Å². The molecular weight excluding hydrogens is 276 g/mol. The molecule has 0 atom stereocenters. The van der Waals surface area contributed by atoms with Gasteiger partial charge in [0.1, 0.15) is 11.5 Å². The highest BCUT2D eigenvalue weighted by molar-refractivity contribution is 5.68. The van der Waals surface area contributed by atoms with Crippen molar-refractivity contribution >= 4 is 0 Å². The van der Waals surface area contributed by atoms with Crippen LogP contribution >= 0.6 is 0 Å². The Morgan fingerprint density at radius 2 is 1.91 bits per heavy atom. The Balaban J connectivity index is 2.28.